The smallest absolute Gasteiger partial charge is 0.261 e. The highest BCUT2D eigenvalue weighted by Crippen LogP contribution is 2.20. The maximum Gasteiger partial charge on any atom is 0.261 e. The van der Waals surface area contributed by atoms with Gasteiger partial charge in [0.2, 0.25) is 0 Å². The molecule has 1 rings (SSSR count). The molecular formula is C16H23NO2S. The van der Waals surface area contributed by atoms with Crippen LogP contribution in [0.2, 0.25) is 0 Å². The summed E-state index contributed by atoms with van der Waals surface area (Å²) in [6.07, 6.45) is 2.60. The third kappa shape index (κ3) is 5.77. The number of hydrogen-bond acceptors (Lipinski definition) is 3. The fraction of sp³-hybridized carbons (Fsp3) is 0.562. The van der Waals surface area contributed by atoms with Crippen molar-refractivity contribution in [2.75, 3.05) is 13.2 Å². The van der Waals surface area contributed by atoms with Crippen LogP contribution >= 0.6 is 11.3 Å². The Morgan fingerprint density at radius 1 is 1.50 bits per heavy atom. The van der Waals surface area contributed by atoms with E-state index in [-0.39, 0.29) is 12.5 Å². The SMILES string of the molecule is Cc1cc(C(=O)NCCCC(C)C)sc1C#CCCO. The van der Waals surface area contributed by atoms with Crippen molar-refractivity contribution in [3.8, 4) is 11.8 Å². The fourth-order valence-electron chi connectivity index (χ4n) is 1.72. The zero-order valence-electron chi connectivity index (χ0n) is 12.5. The van der Waals surface area contributed by atoms with Gasteiger partial charge in [0.25, 0.3) is 5.91 Å². The molecule has 0 unspecified atom stereocenters. The Hall–Kier alpha value is -1.31. The second-order valence-corrected chi connectivity index (χ2v) is 6.24. The predicted octanol–water partition coefficient (Wildman–Crippen LogP) is 2.96. The number of carbonyl (C=O) groups is 1. The van der Waals surface area contributed by atoms with E-state index in [4.69, 9.17) is 5.11 Å². The lowest BCUT2D eigenvalue weighted by atomic mass is 10.1. The van der Waals surface area contributed by atoms with Crippen LogP contribution in [-0.2, 0) is 0 Å². The first-order chi connectivity index (χ1) is 9.54. The Morgan fingerprint density at radius 3 is 2.90 bits per heavy atom. The summed E-state index contributed by atoms with van der Waals surface area (Å²) in [6, 6.07) is 1.88. The van der Waals surface area contributed by atoms with Crippen LogP contribution in [0.25, 0.3) is 0 Å². The van der Waals surface area contributed by atoms with Gasteiger partial charge >= 0.3 is 0 Å². The van der Waals surface area contributed by atoms with Gasteiger partial charge in [-0.15, -0.1) is 11.3 Å². The van der Waals surface area contributed by atoms with Crippen molar-refractivity contribution in [1.29, 1.82) is 0 Å². The topological polar surface area (TPSA) is 49.3 Å². The van der Waals surface area contributed by atoms with E-state index in [2.05, 4.69) is 31.0 Å². The third-order valence-electron chi connectivity index (χ3n) is 2.82. The van der Waals surface area contributed by atoms with E-state index in [0.29, 0.717) is 17.2 Å². The summed E-state index contributed by atoms with van der Waals surface area (Å²) in [4.78, 5) is 13.6. The number of nitrogens with one attached hydrogen (secondary N) is 1. The monoisotopic (exact) mass is 293 g/mol. The molecule has 0 bridgehead atoms. The standard InChI is InChI=1S/C16H23NO2S/c1-12(2)7-6-9-17-16(19)15-11-13(3)14(20-15)8-4-5-10-18/h11-12,18H,5-7,9-10H2,1-3H3,(H,17,19). The molecule has 0 saturated heterocycles. The number of aryl methyl sites for hydroxylation is 1. The molecule has 2 N–H and O–H groups in total. The number of aliphatic hydroxyl groups is 1. The summed E-state index contributed by atoms with van der Waals surface area (Å²) in [7, 11) is 0. The maximum atomic E-state index is 12.0. The van der Waals surface area contributed by atoms with Gasteiger partial charge < -0.3 is 10.4 Å². The average Bonchev–Trinajstić information content (AvgIpc) is 2.76. The number of carbonyl (C=O) groups excluding carboxylic acids is 1. The van der Waals surface area contributed by atoms with Crippen molar-refractivity contribution in [3.63, 3.8) is 0 Å². The first-order valence-electron chi connectivity index (χ1n) is 7.03. The molecule has 1 amide bonds. The van der Waals surface area contributed by atoms with Crippen LogP contribution in [0.3, 0.4) is 0 Å². The highest BCUT2D eigenvalue weighted by Gasteiger charge is 2.10. The van der Waals surface area contributed by atoms with Crippen LogP contribution in [0, 0.1) is 24.7 Å². The van der Waals surface area contributed by atoms with Gasteiger partial charge in [-0.05, 0) is 37.3 Å². The van der Waals surface area contributed by atoms with Crippen molar-refractivity contribution < 1.29 is 9.90 Å². The van der Waals surface area contributed by atoms with Crippen LogP contribution in [0.4, 0.5) is 0 Å². The molecule has 0 aliphatic heterocycles. The molecule has 0 atom stereocenters. The number of hydrogen-bond donors (Lipinski definition) is 2. The Labute approximate surface area is 125 Å². The minimum absolute atomic E-state index is 0.0166. The zero-order valence-corrected chi connectivity index (χ0v) is 13.3. The number of rotatable bonds is 6. The highest BCUT2D eigenvalue weighted by atomic mass is 32.1. The van der Waals surface area contributed by atoms with E-state index in [0.717, 1.165) is 29.8 Å². The first kappa shape index (κ1) is 16.7. The number of amides is 1. The summed E-state index contributed by atoms with van der Waals surface area (Å²) in [5.41, 5.74) is 1.02. The number of thiophene rings is 1. The van der Waals surface area contributed by atoms with E-state index >= 15 is 0 Å². The van der Waals surface area contributed by atoms with Crippen molar-refractivity contribution in [3.05, 3.63) is 21.4 Å². The Bertz CT molecular complexity index is 494. The van der Waals surface area contributed by atoms with Gasteiger partial charge in [-0.25, -0.2) is 0 Å². The van der Waals surface area contributed by atoms with Gasteiger partial charge in [0.05, 0.1) is 16.4 Å². The lowest BCUT2D eigenvalue weighted by Gasteiger charge is -2.05. The van der Waals surface area contributed by atoms with Crippen LogP contribution < -0.4 is 5.32 Å². The quantitative estimate of drug-likeness (QED) is 0.626. The molecule has 110 valence electrons. The summed E-state index contributed by atoms with van der Waals surface area (Å²) in [6.45, 7) is 7.11. The molecule has 0 spiro atoms. The molecule has 0 saturated carbocycles. The van der Waals surface area contributed by atoms with Gasteiger partial charge in [0, 0.05) is 13.0 Å². The minimum Gasteiger partial charge on any atom is -0.395 e. The van der Waals surface area contributed by atoms with Gasteiger partial charge in [-0.2, -0.15) is 0 Å². The molecule has 1 aromatic rings. The molecule has 20 heavy (non-hydrogen) atoms. The molecule has 0 radical (unpaired) electrons. The van der Waals surface area contributed by atoms with Gasteiger partial charge in [-0.1, -0.05) is 25.7 Å². The van der Waals surface area contributed by atoms with Crippen molar-refractivity contribution in [2.45, 2.75) is 40.0 Å². The Morgan fingerprint density at radius 2 is 2.25 bits per heavy atom. The van der Waals surface area contributed by atoms with Crippen LogP contribution in [0.15, 0.2) is 6.07 Å². The van der Waals surface area contributed by atoms with Crippen LogP contribution in [-0.4, -0.2) is 24.2 Å². The molecule has 0 fully saturated rings. The van der Waals surface area contributed by atoms with E-state index in [1.54, 1.807) is 0 Å². The first-order valence-corrected chi connectivity index (χ1v) is 7.84. The van der Waals surface area contributed by atoms with Crippen molar-refractivity contribution in [2.24, 2.45) is 5.92 Å². The van der Waals surface area contributed by atoms with Gasteiger partial charge in [0.1, 0.15) is 0 Å². The average molecular weight is 293 g/mol. The Balaban J connectivity index is 2.53. The summed E-state index contributed by atoms with van der Waals surface area (Å²) >= 11 is 1.42. The predicted molar refractivity (Wildman–Crippen MR) is 84.0 cm³/mol. The third-order valence-corrected chi connectivity index (χ3v) is 3.98. The lowest BCUT2D eigenvalue weighted by Crippen LogP contribution is -2.23. The van der Waals surface area contributed by atoms with E-state index in [9.17, 15) is 4.79 Å². The van der Waals surface area contributed by atoms with Crippen LogP contribution in [0.1, 0.15) is 53.2 Å². The van der Waals surface area contributed by atoms with Crippen molar-refractivity contribution >= 4 is 17.2 Å². The van der Waals surface area contributed by atoms with E-state index in [1.807, 2.05) is 13.0 Å². The van der Waals surface area contributed by atoms with E-state index in [1.165, 1.54) is 11.3 Å². The second kappa shape index (κ2) is 8.78. The normalized spacial score (nSPS) is 10.2. The second-order valence-electron chi connectivity index (χ2n) is 5.19. The maximum absolute atomic E-state index is 12.0. The molecule has 0 aliphatic rings. The molecule has 0 aliphatic carbocycles. The summed E-state index contributed by atoms with van der Waals surface area (Å²) in [5.74, 6) is 6.54. The Kier molecular flexibility index (Phi) is 7.35. The van der Waals surface area contributed by atoms with Crippen LogP contribution in [0.5, 0.6) is 0 Å². The van der Waals surface area contributed by atoms with Crippen molar-refractivity contribution in [1.82, 2.24) is 5.32 Å². The molecule has 1 aromatic heterocycles. The number of aliphatic hydroxyl groups excluding tert-OH is 1. The molecular weight excluding hydrogens is 270 g/mol. The molecule has 1 heterocycles. The summed E-state index contributed by atoms with van der Waals surface area (Å²) in [5, 5.41) is 11.6. The minimum atomic E-state index is -0.0166. The van der Waals surface area contributed by atoms with Gasteiger partial charge in [-0.3, -0.25) is 4.79 Å². The largest absolute Gasteiger partial charge is 0.395 e. The molecule has 3 nitrogen and oxygen atoms in total. The lowest BCUT2D eigenvalue weighted by molar-refractivity contribution is 0.0956. The molecule has 0 aromatic carbocycles. The van der Waals surface area contributed by atoms with Gasteiger partial charge in [0.15, 0.2) is 0 Å². The summed E-state index contributed by atoms with van der Waals surface area (Å²) < 4.78 is 0. The highest BCUT2D eigenvalue weighted by molar-refractivity contribution is 7.14. The fourth-order valence-corrected chi connectivity index (χ4v) is 2.68. The molecule has 4 heteroatoms. The van der Waals surface area contributed by atoms with E-state index < -0.39 is 0 Å². The zero-order chi connectivity index (χ0) is 15.0.